The van der Waals surface area contributed by atoms with Gasteiger partial charge in [0.05, 0.1) is 11.4 Å². The lowest BCUT2D eigenvalue weighted by Crippen LogP contribution is -2.19. The van der Waals surface area contributed by atoms with E-state index < -0.39 is 0 Å². The van der Waals surface area contributed by atoms with Gasteiger partial charge >= 0.3 is 0 Å². The first-order valence-electron chi connectivity index (χ1n) is 5.85. The molecule has 88 valence electrons. The van der Waals surface area contributed by atoms with E-state index in [0.29, 0.717) is 11.3 Å². The molecule has 0 spiro atoms. The lowest BCUT2D eigenvalue weighted by Gasteiger charge is -2.15. The van der Waals surface area contributed by atoms with Crippen molar-refractivity contribution in [3.63, 3.8) is 0 Å². The fourth-order valence-electron chi connectivity index (χ4n) is 2.15. The van der Waals surface area contributed by atoms with E-state index in [-0.39, 0.29) is 0 Å². The van der Waals surface area contributed by atoms with Crippen LogP contribution < -0.4 is 5.32 Å². The summed E-state index contributed by atoms with van der Waals surface area (Å²) in [5, 5.41) is 3.69. The van der Waals surface area contributed by atoms with E-state index in [2.05, 4.69) is 15.3 Å². The summed E-state index contributed by atoms with van der Waals surface area (Å²) in [5.41, 5.74) is 1.90. The molecule has 1 saturated carbocycles. The number of hydrogen-bond acceptors (Lipinski definition) is 3. The Kier molecular flexibility index (Phi) is 3.64. The number of alkyl halides is 1. The summed E-state index contributed by atoms with van der Waals surface area (Å²) < 4.78 is 0. The zero-order chi connectivity index (χ0) is 11.5. The molecule has 0 amide bonds. The van der Waals surface area contributed by atoms with Gasteiger partial charge in [-0.2, -0.15) is 0 Å². The number of rotatable bonds is 3. The molecule has 1 aromatic heterocycles. The Morgan fingerprint density at radius 2 is 2.25 bits per heavy atom. The van der Waals surface area contributed by atoms with E-state index in [0.717, 1.165) is 30.2 Å². The SMILES string of the molecule is Cc1cnc(C)c(NCC2CCCC2Cl)n1. The molecule has 4 heteroatoms. The van der Waals surface area contributed by atoms with Crippen molar-refractivity contribution in [2.24, 2.45) is 5.92 Å². The van der Waals surface area contributed by atoms with Gasteiger partial charge in [-0.25, -0.2) is 4.98 Å². The number of nitrogens with one attached hydrogen (secondary N) is 1. The molecule has 1 aromatic rings. The Morgan fingerprint density at radius 1 is 1.44 bits per heavy atom. The zero-order valence-corrected chi connectivity index (χ0v) is 10.6. The molecule has 2 atom stereocenters. The van der Waals surface area contributed by atoms with Gasteiger partial charge in [0.25, 0.3) is 0 Å². The van der Waals surface area contributed by atoms with Gasteiger partial charge in [-0.05, 0) is 32.6 Å². The number of nitrogens with zero attached hydrogens (tertiary/aromatic N) is 2. The van der Waals surface area contributed by atoms with Gasteiger partial charge in [-0.15, -0.1) is 11.6 Å². The summed E-state index contributed by atoms with van der Waals surface area (Å²) >= 11 is 6.24. The Labute approximate surface area is 102 Å². The zero-order valence-electron chi connectivity index (χ0n) is 9.83. The summed E-state index contributed by atoms with van der Waals surface area (Å²) in [7, 11) is 0. The van der Waals surface area contributed by atoms with E-state index >= 15 is 0 Å². The molecular weight excluding hydrogens is 222 g/mol. The van der Waals surface area contributed by atoms with E-state index in [1.54, 1.807) is 6.20 Å². The second-order valence-electron chi connectivity index (χ2n) is 4.53. The average Bonchev–Trinajstić information content (AvgIpc) is 2.66. The van der Waals surface area contributed by atoms with E-state index in [9.17, 15) is 0 Å². The molecule has 1 heterocycles. The quantitative estimate of drug-likeness (QED) is 0.825. The van der Waals surface area contributed by atoms with Gasteiger partial charge in [0.15, 0.2) is 0 Å². The number of halogens is 1. The Morgan fingerprint density at radius 3 is 2.94 bits per heavy atom. The Hall–Kier alpha value is -0.830. The van der Waals surface area contributed by atoms with Crippen molar-refractivity contribution in [1.82, 2.24) is 9.97 Å². The number of aromatic nitrogens is 2. The fraction of sp³-hybridized carbons (Fsp3) is 0.667. The van der Waals surface area contributed by atoms with Crippen LogP contribution in [0.5, 0.6) is 0 Å². The third-order valence-electron chi connectivity index (χ3n) is 3.17. The minimum atomic E-state index is 0.325. The lowest BCUT2D eigenvalue weighted by molar-refractivity contribution is 0.584. The third kappa shape index (κ3) is 2.64. The van der Waals surface area contributed by atoms with Crippen LogP contribution in [-0.2, 0) is 0 Å². The van der Waals surface area contributed by atoms with Crippen LogP contribution in [0.4, 0.5) is 5.82 Å². The fourth-order valence-corrected chi connectivity index (χ4v) is 2.52. The smallest absolute Gasteiger partial charge is 0.147 e. The van der Waals surface area contributed by atoms with E-state index in [4.69, 9.17) is 11.6 Å². The number of aryl methyl sites for hydroxylation is 2. The van der Waals surface area contributed by atoms with E-state index in [1.165, 1.54) is 12.8 Å². The van der Waals surface area contributed by atoms with Crippen molar-refractivity contribution in [1.29, 1.82) is 0 Å². The highest BCUT2D eigenvalue weighted by Gasteiger charge is 2.25. The second-order valence-corrected chi connectivity index (χ2v) is 5.09. The van der Waals surface area contributed by atoms with Crippen LogP contribution in [0.1, 0.15) is 30.7 Å². The van der Waals surface area contributed by atoms with Crippen molar-refractivity contribution in [2.75, 3.05) is 11.9 Å². The third-order valence-corrected chi connectivity index (χ3v) is 3.75. The molecule has 0 saturated heterocycles. The number of hydrogen-bond donors (Lipinski definition) is 1. The topological polar surface area (TPSA) is 37.8 Å². The van der Waals surface area contributed by atoms with Gasteiger partial charge in [-0.1, -0.05) is 6.42 Å². The van der Waals surface area contributed by atoms with E-state index in [1.807, 2.05) is 13.8 Å². The molecule has 16 heavy (non-hydrogen) atoms. The summed E-state index contributed by atoms with van der Waals surface area (Å²) in [6.45, 7) is 4.84. The molecule has 2 unspecified atom stereocenters. The molecule has 1 aliphatic carbocycles. The maximum Gasteiger partial charge on any atom is 0.147 e. The first kappa shape index (κ1) is 11.6. The van der Waals surface area contributed by atoms with Crippen molar-refractivity contribution in [3.8, 4) is 0 Å². The van der Waals surface area contributed by atoms with Crippen LogP contribution >= 0.6 is 11.6 Å². The first-order chi connectivity index (χ1) is 7.66. The van der Waals surface area contributed by atoms with Gasteiger partial charge in [-0.3, -0.25) is 4.98 Å². The molecular formula is C12H18ClN3. The molecule has 2 rings (SSSR count). The van der Waals surface area contributed by atoms with Crippen molar-refractivity contribution < 1.29 is 0 Å². The van der Waals surface area contributed by atoms with Gasteiger partial charge in [0, 0.05) is 18.1 Å². The minimum absolute atomic E-state index is 0.325. The van der Waals surface area contributed by atoms with Gasteiger partial charge in [0.2, 0.25) is 0 Å². The standard InChI is InChI=1S/C12H18ClN3/c1-8-6-14-9(2)12(16-8)15-7-10-4-3-5-11(10)13/h6,10-11H,3-5,7H2,1-2H3,(H,15,16). The monoisotopic (exact) mass is 239 g/mol. The maximum atomic E-state index is 6.24. The molecule has 0 aromatic carbocycles. The van der Waals surface area contributed by atoms with Crippen LogP contribution in [-0.4, -0.2) is 21.9 Å². The van der Waals surface area contributed by atoms with Crippen molar-refractivity contribution in [3.05, 3.63) is 17.6 Å². The highest BCUT2D eigenvalue weighted by Crippen LogP contribution is 2.30. The van der Waals surface area contributed by atoms with Crippen LogP contribution in [0, 0.1) is 19.8 Å². The molecule has 0 radical (unpaired) electrons. The molecule has 3 nitrogen and oxygen atoms in total. The van der Waals surface area contributed by atoms with Crippen LogP contribution in [0.25, 0.3) is 0 Å². The highest BCUT2D eigenvalue weighted by molar-refractivity contribution is 6.20. The Balaban J connectivity index is 1.96. The summed E-state index contributed by atoms with van der Waals surface area (Å²) in [5.74, 6) is 1.47. The minimum Gasteiger partial charge on any atom is -0.368 e. The molecule has 1 aliphatic rings. The van der Waals surface area contributed by atoms with Crippen LogP contribution in [0.15, 0.2) is 6.20 Å². The lowest BCUT2D eigenvalue weighted by atomic mass is 10.1. The Bertz CT molecular complexity index is 367. The molecule has 1 fully saturated rings. The predicted octanol–water partition coefficient (Wildman–Crippen LogP) is 2.91. The molecule has 0 aliphatic heterocycles. The molecule has 1 N–H and O–H groups in total. The average molecular weight is 240 g/mol. The summed E-state index contributed by atoms with van der Waals surface area (Å²) in [6.07, 6.45) is 5.41. The van der Waals surface area contributed by atoms with Crippen LogP contribution in [0.2, 0.25) is 0 Å². The normalized spacial score (nSPS) is 24.7. The highest BCUT2D eigenvalue weighted by atomic mass is 35.5. The van der Waals surface area contributed by atoms with Crippen LogP contribution in [0.3, 0.4) is 0 Å². The second kappa shape index (κ2) is 5.00. The van der Waals surface area contributed by atoms with Gasteiger partial charge < -0.3 is 5.32 Å². The van der Waals surface area contributed by atoms with Gasteiger partial charge in [0.1, 0.15) is 5.82 Å². The van der Waals surface area contributed by atoms with Crippen molar-refractivity contribution in [2.45, 2.75) is 38.5 Å². The summed E-state index contributed by atoms with van der Waals surface area (Å²) in [6, 6.07) is 0. The predicted molar refractivity (Wildman–Crippen MR) is 67.0 cm³/mol. The number of anilines is 1. The largest absolute Gasteiger partial charge is 0.368 e. The summed E-state index contributed by atoms with van der Waals surface area (Å²) in [4.78, 5) is 8.73. The van der Waals surface area contributed by atoms with Crippen molar-refractivity contribution >= 4 is 17.4 Å². The maximum absolute atomic E-state index is 6.24. The molecule has 0 bridgehead atoms. The first-order valence-corrected chi connectivity index (χ1v) is 6.28.